The Kier molecular flexibility index (Phi) is 3.24. The topological polar surface area (TPSA) is 12.0 Å². The second-order valence-corrected chi connectivity index (χ2v) is 5.40. The van der Waals surface area contributed by atoms with Gasteiger partial charge in [-0.05, 0) is 42.8 Å². The molecule has 1 heterocycles. The maximum absolute atomic E-state index is 3.59. The molecule has 1 nitrogen and oxygen atoms in total. The molecule has 0 radical (unpaired) electrons. The van der Waals surface area contributed by atoms with Crippen LogP contribution in [0.25, 0.3) is 0 Å². The van der Waals surface area contributed by atoms with E-state index in [4.69, 9.17) is 0 Å². The molecule has 2 heteroatoms. The Hall–Kier alpha value is -0.340. The molecule has 0 amide bonds. The summed E-state index contributed by atoms with van der Waals surface area (Å²) in [5, 5.41) is 5.90. The van der Waals surface area contributed by atoms with Crippen molar-refractivity contribution in [2.75, 3.05) is 6.54 Å². The summed E-state index contributed by atoms with van der Waals surface area (Å²) in [5.74, 6) is 0.999. The second-order valence-electron chi connectivity index (χ2n) is 4.28. The van der Waals surface area contributed by atoms with Gasteiger partial charge in [0, 0.05) is 10.9 Å². The molecule has 1 aromatic rings. The molecule has 1 aliphatic rings. The van der Waals surface area contributed by atoms with Gasteiger partial charge in [0.15, 0.2) is 0 Å². The van der Waals surface area contributed by atoms with Gasteiger partial charge in [-0.1, -0.05) is 19.8 Å². The van der Waals surface area contributed by atoms with E-state index in [1.165, 1.54) is 29.7 Å². The minimum absolute atomic E-state index is 0.609. The monoisotopic (exact) mass is 209 g/mol. The van der Waals surface area contributed by atoms with Gasteiger partial charge in [0.05, 0.1) is 0 Å². The smallest absolute Gasteiger partial charge is 0.0331 e. The maximum Gasteiger partial charge on any atom is 0.0331 e. The Morgan fingerprint density at radius 1 is 1.57 bits per heavy atom. The lowest BCUT2D eigenvalue weighted by atomic mass is 10.0. The number of thiophene rings is 1. The lowest BCUT2D eigenvalue weighted by Gasteiger charge is -2.16. The van der Waals surface area contributed by atoms with Crippen LogP contribution in [0.5, 0.6) is 0 Å². The number of hydrogen-bond donors (Lipinski definition) is 1. The van der Waals surface area contributed by atoms with E-state index in [-0.39, 0.29) is 0 Å². The van der Waals surface area contributed by atoms with Crippen molar-refractivity contribution in [1.29, 1.82) is 0 Å². The van der Waals surface area contributed by atoms with Crippen molar-refractivity contribution in [2.24, 2.45) is 5.92 Å². The van der Waals surface area contributed by atoms with E-state index in [1.54, 1.807) is 0 Å². The van der Waals surface area contributed by atoms with Gasteiger partial charge in [-0.3, -0.25) is 0 Å². The molecular weight excluding hydrogens is 190 g/mol. The van der Waals surface area contributed by atoms with Gasteiger partial charge < -0.3 is 5.32 Å². The summed E-state index contributed by atoms with van der Waals surface area (Å²) in [6.07, 6.45) is 4.24. The zero-order valence-electron chi connectivity index (χ0n) is 9.05. The number of nitrogens with one attached hydrogen (secondary N) is 1. The van der Waals surface area contributed by atoms with Crippen molar-refractivity contribution in [2.45, 2.75) is 39.2 Å². The largest absolute Gasteiger partial charge is 0.310 e. The predicted molar refractivity (Wildman–Crippen MR) is 62.8 cm³/mol. The Labute approximate surface area is 90.5 Å². The van der Waals surface area contributed by atoms with Crippen molar-refractivity contribution < 1.29 is 0 Å². The molecule has 0 aromatic carbocycles. The summed E-state index contributed by atoms with van der Waals surface area (Å²) < 4.78 is 0. The first-order valence-electron chi connectivity index (χ1n) is 5.58. The quantitative estimate of drug-likeness (QED) is 0.782. The summed E-state index contributed by atoms with van der Waals surface area (Å²) >= 11 is 1.87. The fourth-order valence-electron chi connectivity index (χ4n) is 1.92. The zero-order chi connectivity index (χ0) is 9.97. The third-order valence-corrected chi connectivity index (χ3v) is 3.75. The molecule has 0 saturated heterocycles. The number of rotatable bonds is 5. The van der Waals surface area contributed by atoms with Gasteiger partial charge in [-0.25, -0.2) is 0 Å². The Balaban J connectivity index is 2.00. The van der Waals surface area contributed by atoms with Gasteiger partial charge in [-0.15, -0.1) is 11.3 Å². The first kappa shape index (κ1) is 10.2. The van der Waals surface area contributed by atoms with Crippen molar-refractivity contribution in [3.05, 3.63) is 21.9 Å². The van der Waals surface area contributed by atoms with Gasteiger partial charge in [0.25, 0.3) is 0 Å². The van der Waals surface area contributed by atoms with Crippen LogP contribution in [0.4, 0.5) is 0 Å². The number of aryl methyl sites for hydroxylation is 1. The highest BCUT2D eigenvalue weighted by Gasteiger charge is 2.26. The summed E-state index contributed by atoms with van der Waals surface area (Å²) in [6, 6.07) is 2.94. The van der Waals surface area contributed by atoms with Gasteiger partial charge in [-0.2, -0.15) is 0 Å². The summed E-state index contributed by atoms with van der Waals surface area (Å²) in [5.41, 5.74) is 1.50. The highest BCUT2D eigenvalue weighted by Crippen LogP contribution is 2.38. The van der Waals surface area contributed by atoms with Crippen LogP contribution in [-0.4, -0.2) is 6.54 Å². The molecule has 1 atom stereocenters. The molecule has 1 aromatic heterocycles. The van der Waals surface area contributed by atoms with Crippen LogP contribution in [0.1, 0.15) is 42.7 Å². The SMILES string of the molecule is CCNC(CC1CC1)c1csc(C)c1. The van der Waals surface area contributed by atoms with Crippen LogP contribution in [0.3, 0.4) is 0 Å². The average molecular weight is 209 g/mol. The van der Waals surface area contributed by atoms with E-state index >= 15 is 0 Å². The fraction of sp³-hybridized carbons (Fsp3) is 0.667. The molecule has 0 bridgehead atoms. The Morgan fingerprint density at radius 3 is 2.86 bits per heavy atom. The molecular formula is C12H19NS. The van der Waals surface area contributed by atoms with Crippen molar-refractivity contribution in [3.8, 4) is 0 Å². The van der Waals surface area contributed by atoms with Crippen LogP contribution < -0.4 is 5.32 Å². The molecule has 78 valence electrons. The summed E-state index contributed by atoms with van der Waals surface area (Å²) in [4.78, 5) is 1.43. The molecule has 14 heavy (non-hydrogen) atoms. The van der Waals surface area contributed by atoms with Crippen LogP contribution in [0.15, 0.2) is 11.4 Å². The van der Waals surface area contributed by atoms with Gasteiger partial charge in [0.1, 0.15) is 0 Å². The minimum atomic E-state index is 0.609. The Bertz CT molecular complexity index is 288. The zero-order valence-corrected chi connectivity index (χ0v) is 9.86. The second kappa shape index (κ2) is 4.45. The van der Waals surface area contributed by atoms with Crippen LogP contribution in [0, 0.1) is 12.8 Å². The number of hydrogen-bond acceptors (Lipinski definition) is 2. The van der Waals surface area contributed by atoms with E-state index in [1.807, 2.05) is 11.3 Å². The lowest BCUT2D eigenvalue weighted by Crippen LogP contribution is -2.20. The summed E-state index contributed by atoms with van der Waals surface area (Å²) in [6.45, 7) is 5.46. The third-order valence-electron chi connectivity index (χ3n) is 2.87. The molecule has 1 aliphatic carbocycles. The van der Waals surface area contributed by atoms with Gasteiger partial charge >= 0.3 is 0 Å². The molecule has 1 unspecified atom stereocenters. The molecule has 1 fully saturated rings. The molecule has 1 N–H and O–H groups in total. The van der Waals surface area contributed by atoms with Crippen LogP contribution in [0.2, 0.25) is 0 Å². The predicted octanol–water partition coefficient (Wildman–Crippen LogP) is 3.51. The van der Waals surface area contributed by atoms with Crippen LogP contribution in [-0.2, 0) is 0 Å². The fourth-order valence-corrected chi connectivity index (χ4v) is 2.68. The highest BCUT2D eigenvalue weighted by molar-refractivity contribution is 7.10. The molecule has 2 rings (SSSR count). The lowest BCUT2D eigenvalue weighted by molar-refractivity contribution is 0.488. The first-order valence-corrected chi connectivity index (χ1v) is 6.46. The minimum Gasteiger partial charge on any atom is -0.310 e. The third kappa shape index (κ3) is 2.58. The molecule has 1 saturated carbocycles. The van der Waals surface area contributed by atoms with E-state index in [0.29, 0.717) is 6.04 Å². The van der Waals surface area contributed by atoms with E-state index in [9.17, 15) is 0 Å². The molecule has 0 spiro atoms. The standard InChI is InChI=1S/C12H19NS/c1-3-13-12(7-10-4-5-10)11-6-9(2)14-8-11/h6,8,10,12-13H,3-5,7H2,1-2H3. The van der Waals surface area contributed by atoms with E-state index in [2.05, 4.69) is 30.6 Å². The van der Waals surface area contributed by atoms with Crippen molar-refractivity contribution >= 4 is 11.3 Å². The average Bonchev–Trinajstić information content (AvgIpc) is 2.87. The normalized spacial score (nSPS) is 18.4. The van der Waals surface area contributed by atoms with E-state index < -0.39 is 0 Å². The van der Waals surface area contributed by atoms with Crippen molar-refractivity contribution in [3.63, 3.8) is 0 Å². The molecule has 0 aliphatic heterocycles. The first-order chi connectivity index (χ1) is 6.79. The highest BCUT2D eigenvalue weighted by atomic mass is 32.1. The Morgan fingerprint density at radius 2 is 2.36 bits per heavy atom. The van der Waals surface area contributed by atoms with Crippen LogP contribution >= 0.6 is 11.3 Å². The summed E-state index contributed by atoms with van der Waals surface area (Å²) in [7, 11) is 0. The van der Waals surface area contributed by atoms with E-state index in [0.717, 1.165) is 12.5 Å². The van der Waals surface area contributed by atoms with Gasteiger partial charge in [0.2, 0.25) is 0 Å². The maximum atomic E-state index is 3.59. The van der Waals surface area contributed by atoms with Crippen molar-refractivity contribution in [1.82, 2.24) is 5.32 Å².